The second-order valence-corrected chi connectivity index (χ2v) is 8.22. The van der Waals surface area contributed by atoms with Crippen LogP contribution in [-0.4, -0.2) is 40.3 Å². The third kappa shape index (κ3) is 5.24. The molecule has 2 aromatic heterocycles. The summed E-state index contributed by atoms with van der Waals surface area (Å²) in [5.41, 5.74) is 9.29. The zero-order valence-corrected chi connectivity index (χ0v) is 19.5. The van der Waals surface area contributed by atoms with Gasteiger partial charge in [0.15, 0.2) is 17.2 Å². The fourth-order valence-corrected chi connectivity index (χ4v) is 3.99. The van der Waals surface area contributed by atoms with E-state index in [4.69, 9.17) is 10.5 Å². The van der Waals surface area contributed by atoms with Gasteiger partial charge >= 0.3 is 6.18 Å². The minimum atomic E-state index is -4.33. The summed E-state index contributed by atoms with van der Waals surface area (Å²) in [6, 6.07) is 11.1. The number of ether oxygens (including phenoxy) is 1. The first-order valence-electron chi connectivity index (χ1n) is 11.0. The quantitative estimate of drug-likeness (QED) is 0.335. The molecule has 7 nitrogen and oxygen atoms in total. The lowest BCUT2D eigenvalue weighted by Crippen LogP contribution is -2.15. The average molecular weight is 501 g/mol. The van der Waals surface area contributed by atoms with E-state index in [1.807, 2.05) is 0 Å². The standard InChI is InChI=1S/C25H23F4N5O2/c1-14-10-15(6-7-18(14)23(30)35)21-13-32-24-20(31-9-8-25(27,28)29)12-17(33-34(21)24)11-16-4-3-5-19(26)22(16)36-2/h3-7,10,12-13,31H,8-9,11H2,1-2H3,(H2,30,35). The van der Waals surface area contributed by atoms with Crippen LogP contribution in [0.2, 0.25) is 0 Å². The molecule has 0 bridgehead atoms. The highest BCUT2D eigenvalue weighted by molar-refractivity contribution is 5.94. The Morgan fingerprint density at radius 3 is 2.64 bits per heavy atom. The van der Waals surface area contributed by atoms with E-state index in [1.165, 1.54) is 17.7 Å². The van der Waals surface area contributed by atoms with Crippen molar-refractivity contribution < 1.29 is 27.1 Å². The first-order valence-corrected chi connectivity index (χ1v) is 11.0. The van der Waals surface area contributed by atoms with Crippen LogP contribution in [0.3, 0.4) is 0 Å². The van der Waals surface area contributed by atoms with E-state index in [1.54, 1.807) is 49.5 Å². The number of aryl methyl sites for hydroxylation is 1. The molecule has 36 heavy (non-hydrogen) atoms. The fraction of sp³-hybridized carbons (Fsp3) is 0.240. The van der Waals surface area contributed by atoms with Crippen LogP contribution in [0.5, 0.6) is 5.75 Å². The van der Waals surface area contributed by atoms with Crippen molar-refractivity contribution in [2.45, 2.75) is 25.9 Å². The van der Waals surface area contributed by atoms with Gasteiger partial charge in [-0.15, -0.1) is 0 Å². The number of nitrogens with two attached hydrogens (primary N) is 1. The largest absolute Gasteiger partial charge is 0.493 e. The van der Waals surface area contributed by atoms with Crippen molar-refractivity contribution >= 4 is 17.2 Å². The van der Waals surface area contributed by atoms with Gasteiger partial charge in [0.25, 0.3) is 0 Å². The van der Waals surface area contributed by atoms with Crippen molar-refractivity contribution in [1.29, 1.82) is 0 Å². The van der Waals surface area contributed by atoms with Gasteiger partial charge in [0.05, 0.1) is 36.8 Å². The SMILES string of the molecule is COc1c(F)cccc1Cc1cc(NCCC(F)(F)F)c2ncc(-c3ccc(C(N)=O)c(C)c3)n2n1. The van der Waals surface area contributed by atoms with E-state index >= 15 is 0 Å². The first kappa shape index (κ1) is 25.0. The molecule has 4 rings (SSSR count). The number of hydrogen-bond acceptors (Lipinski definition) is 5. The van der Waals surface area contributed by atoms with Gasteiger partial charge in [-0.05, 0) is 36.8 Å². The summed E-state index contributed by atoms with van der Waals surface area (Å²) in [5, 5.41) is 7.44. The highest BCUT2D eigenvalue weighted by Gasteiger charge is 2.26. The summed E-state index contributed by atoms with van der Waals surface area (Å²) < 4.78 is 59.2. The van der Waals surface area contributed by atoms with Gasteiger partial charge < -0.3 is 15.8 Å². The minimum absolute atomic E-state index is 0.0643. The Bertz CT molecular complexity index is 1430. The summed E-state index contributed by atoms with van der Waals surface area (Å²) in [6.07, 6.45) is -3.66. The number of para-hydroxylation sites is 1. The summed E-state index contributed by atoms with van der Waals surface area (Å²) in [6.45, 7) is 1.38. The molecule has 0 fully saturated rings. The number of rotatable bonds is 8. The number of imidazole rings is 1. The molecule has 0 saturated carbocycles. The van der Waals surface area contributed by atoms with Crippen molar-refractivity contribution in [1.82, 2.24) is 14.6 Å². The Morgan fingerprint density at radius 1 is 1.19 bits per heavy atom. The Balaban J connectivity index is 1.81. The molecule has 0 aliphatic carbocycles. The molecule has 0 aliphatic heterocycles. The number of carbonyl (C=O) groups excluding carboxylic acids is 1. The number of methoxy groups -OCH3 is 1. The first-order chi connectivity index (χ1) is 17.1. The minimum Gasteiger partial charge on any atom is -0.493 e. The number of aromatic nitrogens is 3. The van der Waals surface area contributed by atoms with E-state index in [9.17, 15) is 22.4 Å². The zero-order chi connectivity index (χ0) is 26.0. The number of alkyl halides is 3. The van der Waals surface area contributed by atoms with Crippen LogP contribution < -0.4 is 15.8 Å². The normalized spacial score (nSPS) is 11.6. The number of halogens is 4. The van der Waals surface area contributed by atoms with Crippen LogP contribution in [0, 0.1) is 12.7 Å². The van der Waals surface area contributed by atoms with Crippen molar-refractivity contribution in [3.8, 4) is 17.0 Å². The third-order valence-corrected chi connectivity index (χ3v) is 5.65. The van der Waals surface area contributed by atoms with Gasteiger partial charge in [0, 0.05) is 29.7 Å². The Labute approximate surface area is 203 Å². The lowest BCUT2D eigenvalue weighted by Gasteiger charge is -2.14. The number of primary amides is 1. The van der Waals surface area contributed by atoms with E-state index in [0.29, 0.717) is 45.0 Å². The van der Waals surface area contributed by atoms with Gasteiger partial charge in [-0.2, -0.15) is 18.3 Å². The number of hydrogen-bond donors (Lipinski definition) is 2. The van der Waals surface area contributed by atoms with E-state index in [2.05, 4.69) is 15.4 Å². The Morgan fingerprint density at radius 2 is 1.97 bits per heavy atom. The van der Waals surface area contributed by atoms with E-state index in [-0.39, 0.29) is 18.7 Å². The van der Waals surface area contributed by atoms with Crippen molar-refractivity contribution in [2.75, 3.05) is 19.0 Å². The van der Waals surface area contributed by atoms with Gasteiger partial charge in [0.1, 0.15) is 0 Å². The molecule has 0 unspecified atom stereocenters. The second kappa shape index (κ2) is 9.84. The van der Waals surface area contributed by atoms with Gasteiger partial charge in [-0.3, -0.25) is 4.79 Å². The summed E-state index contributed by atoms with van der Waals surface area (Å²) in [4.78, 5) is 16.0. The van der Waals surface area contributed by atoms with Gasteiger partial charge in [-0.1, -0.05) is 18.2 Å². The lowest BCUT2D eigenvalue weighted by molar-refractivity contribution is -0.131. The molecule has 0 saturated heterocycles. The molecule has 0 aliphatic rings. The highest BCUT2D eigenvalue weighted by atomic mass is 19.4. The smallest absolute Gasteiger partial charge is 0.390 e. The summed E-state index contributed by atoms with van der Waals surface area (Å²) >= 11 is 0. The number of nitrogens with zero attached hydrogens (tertiary/aromatic N) is 3. The van der Waals surface area contributed by atoms with Crippen molar-refractivity contribution in [3.05, 3.63) is 76.9 Å². The molecular formula is C25H23F4N5O2. The van der Waals surface area contributed by atoms with Gasteiger partial charge in [0.2, 0.25) is 5.91 Å². The van der Waals surface area contributed by atoms with Crippen molar-refractivity contribution in [2.24, 2.45) is 5.73 Å². The third-order valence-electron chi connectivity index (χ3n) is 5.65. The molecule has 2 aromatic carbocycles. The predicted octanol–water partition coefficient (Wildman–Crippen LogP) is 4.91. The Hall–Kier alpha value is -4.15. The van der Waals surface area contributed by atoms with Crippen LogP contribution >= 0.6 is 0 Å². The molecule has 0 radical (unpaired) electrons. The van der Waals surface area contributed by atoms with Crippen LogP contribution in [-0.2, 0) is 6.42 Å². The fourth-order valence-electron chi connectivity index (χ4n) is 3.99. The number of nitrogens with one attached hydrogen (secondary N) is 1. The van der Waals surface area contributed by atoms with Crippen LogP contribution in [0.15, 0.2) is 48.7 Å². The predicted molar refractivity (Wildman–Crippen MR) is 127 cm³/mol. The molecule has 0 atom stereocenters. The van der Waals surface area contributed by atoms with Crippen LogP contribution in [0.1, 0.15) is 33.6 Å². The highest BCUT2D eigenvalue weighted by Crippen LogP contribution is 2.29. The monoisotopic (exact) mass is 501 g/mol. The molecule has 1 amide bonds. The molecule has 2 heterocycles. The average Bonchev–Trinajstić information content (AvgIpc) is 3.22. The summed E-state index contributed by atoms with van der Waals surface area (Å²) in [5.74, 6) is -1.03. The van der Waals surface area contributed by atoms with Crippen molar-refractivity contribution in [3.63, 3.8) is 0 Å². The molecule has 3 N–H and O–H groups in total. The Kier molecular flexibility index (Phi) is 6.82. The summed E-state index contributed by atoms with van der Waals surface area (Å²) in [7, 11) is 1.36. The molecule has 11 heteroatoms. The number of fused-ring (bicyclic) bond motifs is 1. The lowest BCUT2D eigenvalue weighted by atomic mass is 10.0. The number of amides is 1. The van der Waals surface area contributed by atoms with E-state index in [0.717, 1.165) is 0 Å². The number of carbonyl (C=O) groups is 1. The van der Waals surface area contributed by atoms with Gasteiger partial charge in [-0.25, -0.2) is 13.9 Å². The second-order valence-electron chi connectivity index (χ2n) is 8.22. The van der Waals surface area contributed by atoms with Crippen LogP contribution in [0.25, 0.3) is 16.9 Å². The molecule has 4 aromatic rings. The molecule has 0 spiro atoms. The number of benzene rings is 2. The van der Waals surface area contributed by atoms with Crippen LogP contribution in [0.4, 0.5) is 23.2 Å². The topological polar surface area (TPSA) is 94.5 Å². The molecular weight excluding hydrogens is 478 g/mol. The van der Waals surface area contributed by atoms with E-state index < -0.39 is 24.3 Å². The molecule has 188 valence electrons. The zero-order valence-electron chi connectivity index (χ0n) is 19.5. The maximum atomic E-state index is 14.2. The maximum absolute atomic E-state index is 14.2. The maximum Gasteiger partial charge on any atom is 0.390 e. The number of anilines is 1.